The Hall–Kier alpha value is -4.95. The summed E-state index contributed by atoms with van der Waals surface area (Å²) in [5.41, 5.74) is 9.16. The van der Waals surface area contributed by atoms with Gasteiger partial charge in [0.25, 0.3) is 0 Å². The van der Waals surface area contributed by atoms with E-state index in [1.54, 1.807) is 18.3 Å². The number of hydrogen-bond acceptors (Lipinski definition) is 16. The van der Waals surface area contributed by atoms with Crippen molar-refractivity contribution in [1.82, 2.24) is 34.6 Å². The van der Waals surface area contributed by atoms with Gasteiger partial charge in [0.2, 0.25) is 23.5 Å². The number of aromatic nitrogens is 6. The van der Waals surface area contributed by atoms with Gasteiger partial charge in [-0.25, -0.2) is 14.3 Å². The van der Waals surface area contributed by atoms with Crippen LogP contribution >= 0.6 is 22.7 Å². The summed E-state index contributed by atoms with van der Waals surface area (Å²) in [6.45, 7) is 8.63. The molecule has 0 saturated heterocycles. The smallest absolute Gasteiger partial charge is 0.451 e. The normalized spacial score (nSPS) is 11.3. The van der Waals surface area contributed by atoms with Gasteiger partial charge in [0, 0.05) is 21.9 Å². The number of nitrogens with one attached hydrogen (secondary N) is 3. The van der Waals surface area contributed by atoms with Crippen LogP contribution in [0.4, 0.5) is 47.8 Å². The first-order valence-electron chi connectivity index (χ1n) is 14.9. The zero-order valence-electron chi connectivity index (χ0n) is 29.4. The van der Waals surface area contributed by atoms with Crippen molar-refractivity contribution in [2.45, 2.75) is 66.9 Å². The van der Waals surface area contributed by atoms with E-state index in [0.717, 1.165) is 38.2 Å². The van der Waals surface area contributed by atoms with Gasteiger partial charge < -0.3 is 24.1 Å². The molecule has 4 rings (SSSR count). The SMILES string of the molecule is C.CCc1csc(C)c1CN.CCc1csc(C)c1OS(=O)NC(=O)Nc1nc(OC)nc(C(F)(F)F)n1.COC(=O)Nc1nc(OC)nc(C(F)(F)F)n1. The van der Waals surface area contributed by atoms with Gasteiger partial charge in [-0.1, -0.05) is 21.3 Å². The summed E-state index contributed by atoms with van der Waals surface area (Å²) >= 11 is 0.907. The second-order valence-electron chi connectivity index (χ2n) is 9.78. The Morgan fingerprint density at radius 1 is 0.782 bits per heavy atom. The lowest BCUT2D eigenvalue weighted by atomic mass is 10.1. The maximum Gasteiger partial charge on any atom is 0.451 e. The van der Waals surface area contributed by atoms with Crippen molar-refractivity contribution in [3.8, 4) is 17.8 Å². The molecule has 4 aromatic rings. The lowest BCUT2D eigenvalue weighted by molar-refractivity contribution is -0.146. The van der Waals surface area contributed by atoms with Crippen molar-refractivity contribution < 1.29 is 58.5 Å². The molecule has 4 heterocycles. The minimum Gasteiger partial charge on any atom is -0.467 e. The molecule has 4 aromatic heterocycles. The number of ether oxygens (including phenoxy) is 3. The van der Waals surface area contributed by atoms with E-state index in [0.29, 0.717) is 18.7 Å². The first-order chi connectivity index (χ1) is 25.3. The summed E-state index contributed by atoms with van der Waals surface area (Å²) in [6, 6.07) is -2.36. The second kappa shape index (κ2) is 21.8. The molecule has 26 heteroatoms. The summed E-state index contributed by atoms with van der Waals surface area (Å²) in [6.07, 6.45) is -8.92. The van der Waals surface area contributed by atoms with Crippen LogP contribution in [0.2, 0.25) is 0 Å². The monoisotopic (exact) mass is 848 g/mol. The van der Waals surface area contributed by atoms with E-state index in [9.17, 15) is 40.1 Å². The van der Waals surface area contributed by atoms with Gasteiger partial charge in [-0.15, -0.1) is 22.7 Å². The third-order valence-corrected chi connectivity index (χ3v) is 8.82. The molecule has 0 saturated carbocycles. The molecule has 0 radical (unpaired) electrons. The van der Waals surface area contributed by atoms with Crippen molar-refractivity contribution in [2.24, 2.45) is 5.73 Å². The minimum absolute atomic E-state index is 0. The Balaban J connectivity index is 0.000000459. The number of nitrogens with two attached hydrogens (primary N) is 1. The molecule has 3 amide bonds. The molecule has 0 aliphatic rings. The molecule has 0 aliphatic carbocycles. The quantitative estimate of drug-likeness (QED) is 0.127. The van der Waals surface area contributed by atoms with E-state index < -0.39 is 71.3 Å². The molecule has 17 nitrogen and oxygen atoms in total. The Morgan fingerprint density at radius 2 is 1.25 bits per heavy atom. The third kappa shape index (κ3) is 15.0. The number of urea groups is 1. The molecular formula is C29H38F6N10O7S3. The Labute approximate surface area is 321 Å². The second-order valence-corrected chi connectivity index (χ2v) is 12.8. The highest BCUT2D eigenvalue weighted by molar-refractivity contribution is 7.79. The van der Waals surface area contributed by atoms with Crippen LogP contribution in [-0.2, 0) is 47.7 Å². The van der Waals surface area contributed by atoms with Gasteiger partial charge in [-0.05, 0) is 48.6 Å². The van der Waals surface area contributed by atoms with E-state index in [-0.39, 0.29) is 7.43 Å². The highest BCUT2D eigenvalue weighted by Crippen LogP contribution is 2.31. The van der Waals surface area contributed by atoms with Crippen molar-refractivity contribution >= 4 is 58.0 Å². The van der Waals surface area contributed by atoms with E-state index in [1.807, 2.05) is 27.7 Å². The number of hydrogen-bond donors (Lipinski definition) is 4. The molecule has 55 heavy (non-hydrogen) atoms. The molecule has 1 unspecified atom stereocenters. The number of thiophene rings is 2. The van der Waals surface area contributed by atoms with Gasteiger partial charge in [0.15, 0.2) is 5.75 Å². The largest absolute Gasteiger partial charge is 0.467 e. The predicted molar refractivity (Wildman–Crippen MR) is 191 cm³/mol. The summed E-state index contributed by atoms with van der Waals surface area (Å²) in [4.78, 5) is 43.8. The number of nitrogens with zero attached hydrogens (tertiary/aromatic N) is 6. The number of alkyl halides is 6. The Bertz CT molecular complexity index is 1900. The minimum atomic E-state index is -4.87. The molecule has 5 N–H and O–H groups in total. The van der Waals surface area contributed by atoms with Crippen LogP contribution in [0.3, 0.4) is 0 Å². The van der Waals surface area contributed by atoms with E-state index in [2.05, 4.69) is 63.3 Å². The molecule has 1 atom stereocenters. The van der Waals surface area contributed by atoms with Gasteiger partial charge >= 0.3 is 47.8 Å². The summed E-state index contributed by atoms with van der Waals surface area (Å²) in [5, 5.41) is 7.83. The summed E-state index contributed by atoms with van der Waals surface area (Å²) in [7, 11) is 3.17. The first kappa shape index (κ1) is 48.1. The number of anilines is 2. The predicted octanol–water partition coefficient (Wildman–Crippen LogP) is 6.40. The number of methoxy groups -OCH3 is 3. The zero-order valence-corrected chi connectivity index (χ0v) is 31.8. The summed E-state index contributed by atoms with van der Waals surface area (Å²) < 4.78 is 108. The van der Waals surface area contributed by atoms with Crippen LogP contribution in [0.25, 0.3) is 0 Å². The van der Waals surface area contributed by atoms with Crippen LogP contribution < -0.4 is 34.7 Å². The Morgan fingerprint density at radius 3 is 1.67 bits per heavy atom. The lowest BCUT2D eigenvalue weighted by Gasteiger charge is -2.10. The highest BCUT2D eigenvalue weighted by Gasteiger charge is 2.37. The molecule has 306 valence electrons. The Kier molecular flexibility index (Phi) is 19.1. The molecular weight excluding hydrogens is 811 g/mol. The number of halogens is 6. The summed E-state index contributed by atoms with van der Waals surface area (Å²) in [5.74, 6) is -4.00. The standard InChI is InChI=1S/C13H14F3N5O4S2.C8H13NS.C7H7F3N4O3.CH4/c1-4-7-5-26-6(2)8(7)25-27(23)21-11(22)19-10-17-9(13(14,15)16)18-12(20-10)24-3;1-3-7-5-10-6(2)8(7)4-9;1-16-5-12-3(7(8,9)10)11-4(13-5)14-6(15)17-2;/h5H,4H2,1-3H3,(H2,17,18,19,20,21,22);5H,3-4,9H2,1-2H3;1-2H3,(H,11,12,13,14,15);1H4. The highest BCUT2D eigenvalue weighted by atomic mass is 32.2. The van der Waals surface area contributed by atoms with Crippen LogP contribution in [0, 0.1) is 13.8 Å². The molecule has 0 fully saturated rings. The number of carbonyl (C=O) groups excluding carboxylic acids is 2. The third-order valence-electron chi connectivity index (χ3n) is 6.21. The number of rotatable bonds is 10. The topological polar surface area (TPSA) is 228 Å². The molecule has 0 aromatic carbocycles. The van der Waals surface area contributed by atoms with E-state index >= 15 is 0 Å². The van der Waals surface area contributed by atoms with Gasteiger partial charge in [0.1, 0.15) is 0 Å². The van der Waals surface area contributed by atoms with Crippen LogP contribution in [0.15, 0.2) is 10.8 Å². The zero-order chi connectivity index (χ0) is 40.8. The average molecular weight is 849 g/mol. The number of amides is 3. The maximum atomic E-state index is 12.7. The maximum absolute atomic E-state index is 12.7. The van der Waals surface area contributed by atoms with Crippen molar-refractivity contribution in [3.05, 3.63) is 48.9 Å². The fraction of sp³-hybridized carbons (Fsp3) is 0.448. The van der Waals surface area contributed by atoms with Crippen LogP contribution in [0.5, 0.6) is 17.8 Å². The van der Waals surface area contributed by atoms with Gasteiger partial charge in [-0.3, -0.25) is 10.6 Å². The van der Waals surface area contributed by atoms with Crippen LogP contribution in [0.1, 0.15) is 59.4 Å². The first-order valence-corrected chi connectivity index (χ1v) is 17.7. The lowest BCUT2D eigenvalue weighted by Crippen LogP contribution is -2.33. The van der Waals surface area contributed by atoms with Crippen molar-refractivity contribution in [1.29, 1.82) is 0 Å². The molecule has 0 aliphatic heterocycles. The molecule has 0 spiro atoms. The van der Waals surface area contributed by atoms with Gasteiger partial charge in [0.05, 0.1) is 21.3 Å². The fourth-order valence-corrected chi connectivity index (χ4v) is 6.19. The number of aryl methyl sites for hydroxylation is 4. The van der Waals surface area contributed by atoms with E-state index in [4.69, 9.17) is 9.92 Å². The average Bonchev–Trinajstić information content (AvgIpc) is 3.67. The molecule has 0 bridgehead atoms. The number of carbonyl (C=O) groups is 2. The van der Waals surface area contributed by atoms with Crippen molar-refractivity contribution in [2.75, 3.05) is 32.0 Å². The van der Waals surface area contributed by atoms with Crippen LogP contribution in [-0.4, -0.2) is 67.6 Å². The van der Waals surface area contributed by atoms with E-state index in [1.165, 1.54) is 27.3 Å². The van der Waals surface area contributed by atoms with Gasteiger partial charge in [-0.2, -0.15) is 60.5 Å². The van der Waals surface area contributed by atoms with Crippen molar-refractivity contribution in [3.63, 3.8) is 0 Å². The fourth-order valence-electron chi connectivity index (χ4n) is 3.65.